The van der Waals surface area contributed by atoms with Gasteiger partial charge in [-0.1, -0.05) is 42.5 Å². The van der Waals surface area contributed by atoms with Crippen LogP contribution in [0.5, 0.6) is 5.75 Å². The molecule has 0 unspecified atom stereocenters. The first-order chi connectivity index (χ1) is 13.7. The summed E-state index contributed by atoms with van der Waals surface area (Å²) in [7, 11) is 2.84. The minimum atomic E-state index is -0.786. The monoisotopic (exact) mass is 399 g/mol. The van der Waals surface area contributed by atoms with E-state index < -0.39 is 23.7 Å². The van der Waals surface area contributed by atoms with Crippen LogP contribution in [0.1, 0.15) is 31.9 Å². The maximum atomic E-state index is 12.4. The van der Waals surface area contributed by atoms with Gasteiger partial charge in [-0.3, -0.25) is 4.90 Å². The molecule has 2 rings (SSSR count). The third-order valence-corrected chi connectivity index (χ3v) is 4.22. The van der Waals surface area contributed by atoms with Gasteiger partial charge >= 0.3 is 12.1 Å². The third-order valence-electron chi connectivity index (χ3n) is 4.22. The maximum Gasteiger partial charge on any atom is 0.410 e. The van der Waals surface area contributed by atoms with E-state index in [0.29, 0.717) is 13.0 Å². The van der Waals surface area contributed by atoms with Crippen LogP contribution < -0.4 is 4.74 Å². The summed E-state index contributed by atoms with van der Waals surface area (Å²) in [5.41, 5.74) is 1.31. The van der Waals surface area contributed by atoms with Crippen LogP contribution in [0.3, 0.4) is 0 Å². The second-order valence-electron chi connectivity index (χ2n) is 7.75. The molecule has 0 spiro atoms. The van der Waals surface area contributed by atoms with Crippen molar-refractivity contribution in [1.82, 2.24) is 4.90 Å². The lowest BCUT2D eigenvalue weighted by Crippen LogP contribution is -2.46. The Balaban J connectivity index is 2.03. The zero-order chi connectivity index (χ0) is 21.4. The minimum Gasteiger partial charge on any atom is -0.489 e. The molecule has 0 aliphatic heterocycles. The van der Waals surface area contributed by atoms with Crippen LogP contribution in [0.25, 0.3) is 0 Å². The fourth-order valence-corrected chi connectivity index (χ4v) is 2.66. The highest BCUT2D eigenvalue weighted by Gasteiger charge is 2.31. The van der Waals surface area contributed by atoms with Gasteiger partial charge in [0.25, 0.3) is 0 Å². The number of amides is 1. The Hall–Kier alpha value is -3.02. The number of likely N-dealkylation sites (N-methyl/N-ethyl adjacent to an activating group) is 1. The lowest BCUT2D eigenvalue weighted by Gasteiger charge is -2.29. The Bertz CT molecular complexity index is 796. The van der Waals surface area contributed by atoms with Gasteiger partial charge in [-0.2, -0.15) is 0 Å². The van der Waals surface area contributed by atoms with Gasteiger partial charge in [0, 0.05) is 13.5 Å². The summed E-state index contributed by atoms with van der Waals surface area (Å²) in [6.45, 7) is 5.81. The lowest BCUT2D eigenvalue weighted by molar-refractivity contribution is -0.146. The van der Waals surface area contributed by atoms with E-state index in [1.165, 1.54) is 19.1 Å². The molecule has 0 radical (unpaired) electrons. The molecule has 0 aliphatic rings. The molecule has 29 heavy (non-hydrogen) atoms. The Kier molecular flexibility index (Phi) is 7.65. The van der Waals surface area contributed by atoms with Gasteiger partial charge in [0.1, 0.15) is 24.0 Å². The second kappa shape index (κ2) is 9.96. The summed E-state index contributed by atoms with van der Waals surface area (Å²) in [6, 6.07) is 16.6. The summed E-state index contributed by atoms with van der Waals surface area (Å²) in [5.74, 6) is 0.232. The highest BCUT2D eigenvalue weighted by atomic mass is 16.6. The SMILES string of the molecule is COC(=O)[C@H](Cc1ccc(OCc2ccccc2)cc1)N(C)C(=O)OC(C)(C)C. The largest absolute Gasteiger partial charge is 0.489 e. The van der Waals surface area contributed by atoms with Crippen molar-refractivity contribution in [3.05, 3.63) is 65.7 Å². The maximum absolute atomic E-state index is 12.4. The molecule has 2 aromatic rings. The molecule has 1 atom stereocenters. The number of benzene rings is 2. The zero-order valence-corrected chi connectivity index (χ0v) is 17.7. The normalized spacial score (nSPS) is 12.0. The molecular formula is C23H29NO5. The van der Waals surface area contributed by atoms with Crippen LogP contribution in [0.2, 0.25) is 0 Å². The van der Waals surface area contributed by atoms with Crippen molar-refractivity contribution in [2.75, 3.05) is 14.2 Å². The Labute approximate surface area is 172 Å². The smallest absolute Gasteiger partial charge is 0.410 e. The minimum absolute atomic E-state index is 0.307. The molecule has 6 nitrogen and oxygen atoms in total. The number of carbonyl (C=O) groups is 2. The molecule has 0 N–H and O–H groups in total. The molecule has 0 saturated heterocycles. The van der Waals surface area contributed by atoms with Crippen molar-refractivity contribution in [2.45, 2.75) is 45.4 Å². The standard InChI is InChI=1S/C23H29NO5/c1-23(2,3)29-22(26)24(4)20(21(25)27-5)15-17-11-13-19(14-12-17)28-16-18-9-7-6-8-10-18/h6-14,20H,15-16H2,1-5H3/t20-/m0/s1. The second-order valence-corrected chi connectivity index (χ2v) is 7.75. The number of hydrogen-bond acceptors (Lipinski definition) is 5. The van der Waals surface area contributed by atoms with Crippen molar-refractivity contribution in [2.24, 2.45) is 0 Å². The molecule has 0 bridgehead atoms. The van der Waals surface area contributed by atoms with Crippen LogP contribution in [-0.2, 0) is 27.3 Å². The molecule has 0 fully saturated rings. The average Bonchev–Trinajstić information content (AvgIpc) is 2.69. The number of carbonyl (C=O) groups excluding carboxylic acids is 2. The predicted molar refractivity (Wildman–Crippen MR) is 111 cm³/mol. The highest BCUT2D eigenvalue weighted by molar-refractivity contribution is 5.81. The topological polar surface area (TPSA) is 65.1 Å². The van der Waals surface area contributed by atoms with Crippen molar-refractivity contribution in [3.63, 3.8) is 0 Å². The van der Waals surface area contributed by atoms with E-state index in [9.17, 15) is 9.59 Å². The van der Waals surface area contributed by atoms with E-state index in [-0.39, 0.29) is 0 Å². The number of esters is 1. The van der Waals surface area contributed by atoms with Gasteiger partial charge in [-0.25, -0.2) is 9.59 Å². The molecule has 2 aromatic carbocycles. The van der Waals surface area contributed by atoms with Gasteiger partial charge in [-0.15, -0.1) is 0 Å². The van der Waals surface area contributed by atoms with E-state index in [1.54, 1.807) is 20.8 Å². The van der Waals surface area contributed by atoms with Crippen molar-refractivity contribution in [1.29, 1.82) is 0 Å². The number of ether oxygens (including phenoxy) is 3. The fraction of sp³-hybridized carbons (Fsp3) is 0.391. The van der Waals surface area contributed by atoms with Gasteiger partial charge in [0.05, 0.1) is 7.11 Å². The van der Waals surface area contributed by atoms with Gasteiger partial charge in [0.15, 0.2) is 0 Å². The molecular weight excluding hydrogens is 370 g/mol. The van der Waals surface area contributed by atoms with Crippen molar-refractivity contribution >= 4 is 12.1 Å². The van der Waals surface area contributed by atoms with Crippen LogP contribution in [0.15, 0.2) is 54.6 Å². The molecule has 0 saturated carbocycles. The molecule has 6 heteroatoms. The first-order valence-electron chi connectivity index (χ1n) is 9.49. The van der Waals surface area contributed by atoms with Gasteiger partial charge in [-0.05, 0) is 44.0 Å². The summed E-state index contributed by atoms with van der Waals surface area (Å²) >= 11 is 0. The molecule has 0 aliphatic carbocycles. The van der Waals surface area contributed by atoms with E-state index in [4.69, 9.17) is 14.2 Å². The quantitative estimate of drug-likeness (QED) is 0.653. The molecule has 0 heterocycles. The number of methoxy groups -OCH3 is 1. The highest BCUT2D eigenvalue weighted by Crippen LogP contribution is 2.18. The lowest BCUT2D eigenvalue weighted by atomic mass is 10.0. The molecule has 156 valence electrons. The van der Waals surface area contributed by atoms with Gasteiger partial charge in [0.2, 0.25) is 0 Å². The van der Waals surface area contributed by atoms with Crippen LogP contribution in [0, 0.1) is 0 Å². The van der Waals surface area contributed by atoms with Crippen LogP contribution >= 0.6 is 0 Å². The molecule has 0 aromatic heterocycles. The summed E-state index contributed by atoms with van der Waals surface area (Å²) in [6.07, 6.45) is -0.266. The van der Waals surface area contributed by atoms with Crippen molar-refractivity contribution < 1.29 is 23.8 Å². The third kappa shape index (κ3) is 7.14. The van der Waals surface area contributed by atoms with Crippen LogP contribution in [-0.4, -0.2) is 42.8 Å². The summed E-state index contributed by atoms with van der Waals surface area (Å²) in [5, 5.41) is 0. The van der Waals surface area contributed by atoms with Gasteiger partial charge < -0.3 is 14.2 Å². The van der Waals surface area contributed by atoms with E-state index in [2.05, 4.69) is 0 Å². The number of hydrogen-bond donors (Lipinski definition) is 0. The zero-order valence-electron chi connectivity index (χ0n) is 17.7. The number of nitrogens with zero attached hydrogens (tertiary/aromatic N) is 1. The Morgan fingerprint density at radius 1 is 0.966 bits per heavy atom. The Morgan fingerprint density at radius 3 is 2.14 bits per heavy atom. The van der Waals surface area contributed by atoms with E-state index in [1.807, 2.05) is 54.6 Å². The van der Waals surface area contributed by atoms with Crippen molar-refractivity contribution in [3.8, 4) is 5.75 Å². The first-order valence-corrected chi connectivity index (χ1v) is 9.49. The predicted octanol–water partition coefficient (Wildman–Crippen LogP) is 4.22. The first kappa shape index (κ1) is 22.3. The average molecular weight is 399 g/mol. The van der Waals surface area contributed by atoms with Crippen LogP contribution in [0.4, 0.5) is 4.79 Å². The molecule has 1 amide bonds. The summed E-state index contributed by atoms with van der Waals surface area (Å²) < 4.78 is 16.0. The Morgan fingerprint density at radius 2 is 1.59 bits per heavy atom. The fourth-order valence-electron chi connectivity index (χ4n) is 2.66. The number of rotatable bonds is 7. The summed E-state index contributed by atoms with van der Waals surface area (Å²) in [4.78, 5) is 25.9. The van der Waals surface area contributed by atoms with E-state index >= 15 is 0 Å². The van der Waals surface area contributed by atoms with E-state index in [0.717, 1.165) is 16.9 Å².